The lowest BCUT2D eigenvalue weighted by Gasteiger charge is -2.22. The van der Waals surface area contributed by atoms with Crippen LogP contribution in [0.3, 0.4) is 0 Å². The summed E-state index contributed by atoms with van der Waals surface area (Å²) in [5.74, 6) is 1.24. The first kappa shape index (κ1) is 20.5. The lowest BCUT2D eigenvalue weighted by molar-refractivity contribution is 0.348. The summed E-state index contributed by atoms with van der Waals surface area (Å²) in [6.45, 7) is 0.230. The molecule has 3 aromatic rings. The van der Waals surface area contributed by atoms with Crippen molar-refractivity contribution in [2.45, 2.75) is 37.2 Å². The molecule has 1 aliphatic rings. The van der Waals surface area contributed by atoms with Gasteiger partial charge in [-0.1, -0.05) is 0 Å². The molecule has 8 nitrogen and oxygen atoms in total. The van der Waals surface area contributed by atoms with E-state index in [0.717, 1.165) is 30.5 Å². The highest BCUT2D eigenvalue weighted by molar-refractivity contribution is 7.89. The van der Waals surface area contributed by atoms with Gasteiger partial charge in [0, 0.05) is 18.8 Å². The van der Waals surface area contributed by atoms with Crippen LogP contribution in [0.15, 0.2) is 45.9 Å². The van der Waals surface area contributed by atoms with Crippen molar-refractivity contribution in [2.75, 3.05) is 14.2 Å². The Morgan fingerprint density at radius 2 is 2.00 bits per heavy atom. The number of sulfonamides is 1. The van der Waals surface area contributed by atoms with Crippen molar-refractivity contribution in [2.24, 2.45) is 7.05 Å². The van der Waals surface area contributed by atoms with Gasteiger partial charge >= 0.3 is 0 Å². The highest BCUT2D eigenvalue weighted by atomic mass is 32.2. The van der Waals surface area contributed by atoms with Gasteiger partial charge < -0.3 is 13.9 Å². The highest BCUT2D eigenvalue weighted by Gasteiger charge is 2.32. The Morgan fingerprint density at radius 3 is 2.70 bits per heavy atom. The van der Waals surface area contributed by atoms with Crippen LogP contribution in [0.4, 0.5) is 0 Å². The van der Waals surface area contributed by atoms with Crippen molar-refractivity contribution in [3.63, 3.8) is 0 Å². The van der Waals surface area contributed by atoms with E-state index in [1.54, 1.807) is 24.3 Å². The van der Waals surface area contributed by atoms with E-state index in [0.29, 0.717) is 11.5 Å². The average Bonchev–Trinajstić information content (AvgIpc) is 3.48. The number of aryl methyl sites for hydroxylation is 1. The van der Waals surface area contributed by atoms with Gasteiger partial charge in [0.05, 0.1) is 39.3 Å². The lowest BCUT2D eigenvalue weighted by Crippen LogP contribution is -2.31. The Kier molecular flexibility index (Phi) is 5.57. The number of hydrogen-bond donors (Lipinski definition) is 0. The molecule has 0 amide bonds. The highest BCUT2D eigenvalue weighted by Crippen LogP contribution is 2.33. The molecule has 0 spiro atoms. The summed E-state index contributed by atoms with van der Waals surface area (Å²) in [4.78, 5) is 0.0449. The van der Waals surface area contributed by atoms with Crippen LogP contribution >= 0.6 is 0 Å². The van der Waals surface area contributed by atoms with Crippen molar-refractivity contribution in [3.8, 4) is 11.5 Å². The van der Waals surface area contributed by atoms with E-state index in [-0.39, 0.29) is 23.7 Å². The number of ether oxygens (including phenoxy) is 2. The van der Waals surface area contributed by atoms with E-state index in [1.807, 2.05) is 11.7 Å². The predicted octanol–water partition coefficient (Wildman–Crippen LogP) is 2.91. The van der Waals surface area contributed by atoms with Crippen LogP contribution in [0.1, 0.15) is 29.1 Å². The minimum Gasteiger partial charge on any atom is -0.497 e. The third-order valence-electron chi connectivity index (χ3n) is 5.43. The number of methoxy groups -OCH3 is 2. The molecule has 0 unspecified atom stereocenters. The fourth-order valence-corrected chi connectivity index (χ4v) is 5.46. The van der Waals surface area contributed by atoms with Crippen molar-refractivity contribution in [3.05, 3.63) is 59.3 Å². The van der Waals surface area contributed by atoms with Gasteiger partial charge in [-0.05, 0) is 49.1 Å². The molecule has 0 fully saturated rings. The third-order valence-corrected chi connectivity index (χ3v) is 7.24. The van der Waals surface area contributed by atoms with Crippen LogP contribution in [-0.4, -0.2) is 36.7 Å². The van der Waals surface area contributed by atoms with Gasteiger partial charge in [0.2, 0.25) is 10.0 Å². The molecule has 4 rings (SSSR count). The summed E-state index contributed by atoms with van der Waals surface area (Å²) in [5.41, 5.74) is 3.11. The van der Waals surface area contributed by atoms with Crippen LogP contribution in [-0.2, 0) is 43.0 Å². The van der Waals surface area contributed by atoms with Crippen LogP contribution in [0.25, 0.3) is 0 Å². The van der Waals surface area contributed by atoms with Crippen molar-refractivity contribution >= 4 is 10.0 Å². The van der Waals surface area contributed by atoms with Crippen LogP contribution < -0.4 is 9.47 Å². The Morgan fingerprint density at radius 1 is 1.17 bits per heavy atom. The topological polar surface area (TPSA) is 86.8 Å². The molecular formula is C21H25N3O5S. The SMILES string of the molecule is COc1ccc(OC)c(S(=O)(=O)N(Cc2ccco2)Cc2nn(C)c3c2CCC3)c1. The molecule has 0 bridgehead atoms. The molecule has 2 aromatic heterocycles. The van der Waals surface area contributed by atoms with Crippen molar-refractivity contribution in [1.82, 2.24) is 14.1 Å². The molecule has 30 heavy (non-hydrogen) atoms. The molecule has 2 heterocycles. The first-order valence-electron chi connectivity index (χ1n) is 9.72. The number of furan rings is 1. The Balaban J connectivity index is 1.77. The smallest absolute Gasteiger partial charge is 0.247 e. The Hall–Kier alpha value is -2.78. The Bertz CT molecular complexity index is 1140. The monoisotopic (exact) mass is 431 g/mol. The van der Waals surface area contributed by atoms with Gasteiger partial charge in [-0.25, -0.2) is 8.42 Å². The number of fused-ring (bicyclic) bond motifs is 1. The predicted molar refractivity (Wildman–Crippen MR) is 110 cm³/mol. The fraction of sp³-hybridized carbons (Fsp3) is 0.381. The van der Waals surface area contributed by atoms with E-state index >= 15 is 0 Å². The molecule has 9 heteroatoms. The van der Waals surface area contributed by atoms with Gasteiger partial charge in [0.15, 0.2) is 0 Å². The van der Waals surface area contributed by atoms with Gasteiger partial charge in [0.25, 0.3) is 0 Å². The van der Waals surface area contributed by atoms with E-state index in [9.17, 15) is 8.42 Å². The summed E-state index contributed by atoms with van der Waals surface area (Å²) in [5, 5.41) is 4.61. The standard InChI is InChI=1S/C21H25N3O5S/c1-23-19-8-4-7-17(19)18(22-23)14-24(13-16-6-5-11-29-16)30(25,26)21-12-15(27-2)9-10-20(21)28-3/h5-6,9-12H,4,7-8,13-14H2,1-3H3. The van der Waals surface area contributed by atoms with Crippen LogP contribution in [0, 0.1) is 0 Å². The van der Waals surface area contributed by atoms with E-state index < -0.39 is 10.0 Å². The summed E-state index contributed by atoms with van der Waals surface area (Å²) in [6, 6.07) is 8.24. The second-order valence-corrected chi connectivity index (χ2v) is 9.12. The summed E-state index contributed by atoms with van der Waals surface area (Å²) < 4.78 is 46.7. The fourth-order valence-electron chi connectivity index (χ4n) is 3.92. The quantitative estimate of drug-likeness (QED) is 0.545. The van der Waals surface area contributed by atoms with Crippen LogP contribution in [0.5, 0.6) is 11.5 Å². The largest absolute Gasteiger partial charge is 0.497 e. The zero-order valence-corrected chi connectivity index (χ0v) is 18.1. The van der Waals surface area contributed by atoms with E-state index in [2.05, 4.69) is 5.10 Å². The number of hydrogen-bond acceptors (Lipinski definition) is 6. The minimum atomic E-state index is -3.94. The first-order chi connectivity index (χ1) is 14.4. The molecule has 0 saturated heterocycles. The van der Waals surface area contributed by atoms with Gasteiger partial charge in [-0.3, -0.25) is 4.68 Å². The number of nitrogens with zero attached hydrogens (tertiary/aromatic N) is 3. The van der Waals surface area contributed by atoms with Gasteiger partial charge in [-0.2, -0.15) is 9.40 Å². The van der Waals surface area contributed by atoms with Crippen LogP contribution in [0.2, 0.25) is 0 Å². The molecule has 0 atom stereocenters. The molecule has 0 N–H and O–H groups in total. The van der Waals surface area contributed by atoms with Crippen molar-refractivity contribution < 1.29 is 22.3 Å². The minimum absolute atomic E-state index is 0.0449. The Labute approximate surface area is 176 Å². The van der Waals surface area contributed by atoms with Gasteiger partial charge in [0.1, 0.15) is 22.2 Å². The zero-order valence-electron chi connectivity index (χ0n) is 17.3. The summed E-state index contributed by atoms with van der Waals surface area (Å²) in [7, 11) is 0.911. The van der Waals surface area contributed by atoms with Gasteiger partial charge in [-0.15, -0.1) is 0 Å². The third kappa shape index (κ3) is 3.70. The van der Waals surface area contributed by atoms with Crippen molar-refractivity contribution in [1.29, 1.82) is 0 Å². The second kappa shape index (κ2) is 8.16. The molecule has 1 aliphatic carbocycles. The maximum Gasteiger partial charge on any atom is 0.247 e. The number of benzene rings is 1. The number of rotatable bonds is 8. The maximum absolute atomic E-state index is 13.7. The maximum atomic E-state index is 13.7. The second-order valence-electron chi connectivity index (χ2n) is 7.22. The normalized spacial score (nSPS) is 13.6. The summed E-state index contributed by atoms with van der Waals surface area (Å²) >= 11 is 0. The zero-order chi connectivity index (χ0) is 21.3. The first-order valence-corrected chi connectivity index (χ1v) is 11.2. The molecular weight excluding hydrogens is 406 g/mol. The number of aromatic nitrogens is 2. The van der Waals surface area contributed by atoms with E-state index in [4.69, 9.17) is 13.9 Å². The van der Waals surface area contributed by atoms with E-state index in [1.165, 1.54) is 36.5 Å². The molecule has 160 valence electrons. The average molecular weight is 432 g/mol. The summed E-state index contributed by atoms with van der Waals surface area (Å²) in [6.07, 6.45) is 4.47. The molecule has 0 saturated carbocycles. The lowest BCUT2D eigenvalue weighted by atomic mass is 10.2. The molecule has 0 aliphatic heterocycles. The molecule has 0 radical (unpaired) electrons. The molecule has 1 aromatic carbocycles.